The maximum Gasteiger partial charge on any atom is 0.100 e. The molecule has 55 heavy (non-hydrogen) atoms. The standard InChI is InChI=1S/C47H52N8/c1-52(2)31-17-9-27(10-18-31)43(28-11-19-32(20-12-28)53(3)4)48-50-45-37-35-36-38(37)46(40-39(45)41(35)47(25-26-47)42(36)40)51-49-44(29-13-21-33(22-14-29)54(5)6)30-15-23-34(24-16-30)55(7)8/h9-24,35-42H,25-26H2,1-8H3/b50-45-,51-46-. The smallest absolute Gasteiger partial charge is 0.100 e. The number of fused-ring (bicyclic) bond motifs is 2. The fourth-order valence-corrected chi connectivity index (χ4v) is 11.8. The van der Waals surface area contributed by atoms with E-state index in [4.69, 9.17) is 20.4 Å². The molecule has 4 aromatic carbocycles. The highest BCUT2D eigenvalue weighted by Crippen LogP contribution is 2.90. The molecule has 280 valence electrons. The van der Waals surface area contributed by atoms with Crippen LogP contribution in [0.1, 0.15) is 35.1 Å². The summed E-state index contributed by atoms with van der Waals surface area (Å²) in [5.41, 5.74) is 14.2. The normalized spacial score (nSPS) is 29.2. The first-order valence-corrected chi connectivity index (χ1v) is 20.0. The Labute approximate surface area is 326 Å². The average molecular weight is 729 g/mol. The zero-order chi connectivity index (χ0) is 37.9. The van der Waals surface area contributed by atoms with Crippen LogP contribution in [-0.2, 0) is 0 Å². The molecule has 1 spiro atoms. The highest BCUT2D eigenvalue weighted by Gasteiger charge is 2.90. The Kier molecular flexibility index (Phi) is 7.72. The highest BCUT2D eigenvalue weighted by molar-refractivity contribution is 6.16. The Bertz CT molecular complexity index is 1990. The van der Waals surface area contributed by atoms with Gasteiger partial charge in [0.2, 0.25) is 0 Å². The van der Waals surface area contributed by atoms with E-state index < -0.39 is 0 Å². The monoisotopic (exact) mass is 728 g/mol. The SMILES string of the molecule is CN(C)c1ccc(C(=N/N=C2/C3C4/C(=N/N=C(c5ccc(N(C)C)cc5)c5ccc(N(C)C)cc5)C5C2C2C3C4C5C23CC3)c2ccc(N(C)C)cc2)cc1. The number of anilines is 4. The molecule has 8 unspecified atom stereocenters. The van der Waals surface area contributed by atoms with Crippen molar-refractivity contribution < 1.29 is 0 Å². The van der Waals surface area contributed by atoms with Gasteiger partial charge >= 0.3 is 0 Å². The lowest BCUT2D eigenvalue weighted by molar-refractivity contribution is 0.0655. The Hall–Kier alpha value is -5.24. The Morgan fingerprint density at radius 1 is 0.418 bits per heavy atom. The van der Waals surface area contributed by atoms with Crippen molar-refractivity contribution in [1.82, 2.24) is 0 Å². The van der Waals surface area contributed by atoms with Crippen LogP contribution < -0.4 is 19.6 Å². The Morgan fingerprint density at radius 2 is 0.691 bits per heavy atom. The molecule has 8 heteroatoms. The van der Waals surface area contributed by atoms with Gasteiger partial charge in [-0.3, -0.25) is 0 Å². The van der Waals surface area contributed by atoms with Gasteiger partial charge in [-0.2, -0.15) is 10.2 Å². The lowest BCUT2D eigenvalue weighted by Crippen LogP contribution is -2.48. The summed E-state index contributed by atoms with van der Waals surface area (Å²) >= 11 is 0. The molecule has 0 amide bonds. The molecule has 6 fully saturated rings. The zero-order valence-electron chi connectivity index (χ0n) is 33.3. The summed E-state index contributed by atoms with van der Waals surface area (Å²) in [6, 6.07) is 34.9. The predicted molar refractivity (Wildman–Crippen MR) is 229 cm³/mol. The van der Waals surface area contributed by atoms with E-state index in [0.717, 1.165) is 57.3 Å². The first-order valence-electron chi connectivity index (χ1n) is 20.0. The third-order valence-corrected chi connectivity index (χ3v) is 14.3. The Balaban J connectivity index is 1.04. The second kappa shape index (κ2) is 12.4. The van der Waals surface area contributed by atoms with Gasteiger partial charge in [0.25, 0.3) is 0 Å². The van der Waals surface area contributed by atoms with E-state index in [2.05, 4.69) is 173 Å². The third-order valence-electron chi connectivity index (χ3n) is 14.3. The molecule has 0 saturated heterocycles. The molecule has 0 radical (unpaired) electrons. The van der Waals surface area contributed by atoms with E-state index in [9.17, 15) is 0 Å². The number of hydrogen-bond acceptors (Lipinski definition) is 8. The van der Waals surface area contributed by atoms with Crippen molar-refractivity contribution in [2.24, 2.45) is 73.2 Å². The van der Waals surface area contributed by atoms with Crippen LogP contribution in [-0.4, -0.2) is 79.2 Å². The van der Waals surface area contributed by atoms with Gasteiger partial charge in [-0.25, -0.2) is 0 Å². The molecule has 0 aromatic heterocycles. The first kappa shape index (κ1) is 34.3. The van der Waals surface area contributed by atoms with Gasteiger partial charge in [-0.15, -0.1) is 10.2 Å². The number of hydrogen-bond donors (Lipinski definition) is 0. The van der Waals surface area contributed by atoms with Crippen LogP contribution in [0.25, 0.3) is 0 Å². The quantitative estimate of drug-likeness (QED) is 0.124. The number of benzene rings is 4. The van der Waals surface area contributed by atoms with E-state index in [1.165, 1.54) is 47.0 Å². The van der Waals surface area contributed by atoms with Gasteiger partial charge in [0.1, 0.15) is 11.4 Å². The largest absolute Gasteiger partial charge is 0.378 e. The molecule has 8 atom stereocenters. The minimum Gasteiger partial charge on any atom is -0.378 e. The van der Waals surface area contributed by atoms with Gasteiger partial charge in [-0.1, -0.05) is 48.5 Å². The van der Waals surface area contributed by atoms with Crippen LogP contribution in [0.5, 0.6) is 0 Å². The predicted octanol–water partition coefficient (Wildman–Crippen LogP) is 7.82. The third kappa shape index (κ3) is 5.02. The van der Waals surface area contributed by atoms with Gasteiger partial charge in [0, 0.05) is 136 Å². The van der Waals surface area contributed by atoms with Crippen molar-refractivity contribution >= 4 is 45.6 Å². The van der Waals surface area contributed by atoms with Gasteiger partial charge in [-0.05, 0) is 90.5 Å². The summed E-state index contributed by atoms with van der Waals surface area (Å²) in [6.07, 6.45) is 2.75. The van der Waals surface area contributed by atoms with Crippen LogP contribution >= 0.6 is 0 Å². The molecule has 2 bridgehead atoms. The fourth-order valence-electron chi connectivity index (χ4n) is 11.8. The van der Waals surface area contributed by atoms with Gasteiger partial charge in [0.15, 0.2) is 0 Å². The van der Waals surface area contributed by atoms with E-state index in [1.54, 1.807) is 0 Å². The second-order valence-corrected chi connectivity index (χ2v) is 17.8. The van der Waals surface area contributed by atoms with Crippen LogP contribution in [0.15, 0.2) is 117 Å². The topological polar surface area (TPSA) is 62.4 Å². The maximum atomic E-state index is 5.36. The second-order valence-electron chi connectivity index (χ2n) is 17.8. The summed E-state index contributed by atoms with van der Waals surface area (Å²) in [7, 11) is 16.6. The molecule has 0 N–H and O–H groups in total. The van der Waals surface area contributed by atoms with E-state index in [-0.39, 0.29) is 0 Å². The van der Waals surface area contributed by atoms with Crippen LogP contribution in [0.3, 0.4) is 0 Å². The van der Waals surface area contributed by atoms with Crippen LogP contribution in [0.4, 0.5) is 22.7 Å². The van der Waals surface area contributed by atoms with Crippen molar-refractivity contribution in [1.29, 1.82) is 0 Å². The summed E-state index contributed by atoms with van der Waals surface area (Å²) in [4.78, 5) is 8.55. The van der Waals surface area contributed by atoms with Crippen LogP contribution in [0.2, 0.25) is 0 Å². The summed E-state index contributed by atoms with van der Waals surface area (Å²) in [6.45, 7) is 0. The highest BCUT2D eigenvalue weighted by atomic mass is 15.3. The molecule has 6 aliphatic rings. The van der Waals surface area contributed by atoms with Crippen molar-refractivity contribution in [3.8, 4) is 0 Å². The molecule has 4 aromatic rings. The first-order chi connectivity index (χ1) is 26.6. The number of nitrogens with zero attached hydrogens (tertiary/aromatic N) is 8. The van der Waals surface area contributed by atoms with E-state index in [1.807, 2.05) is 0 Å². The molecule has 6 aliphatic carbocycles. The molecule has 8 nitrogen and oxygen atoms in total. The minimum absolute atomic E-state index is 0.436. The molecule has 6 saturated carbocycles. The zero-order valence-corrected chi connectivity index (χ0v) is 33.3. The molecular formula is C47H52N8. The maximum absolute atomic E-state index is 5.36. The summed E-state index contributed by atoms with van der Waals surface area (Å²) in [5.74, 6) is 4.70. The molecule has 0 aliphatic heterocycles. The molecular weight excluding hydrogens is 677 g/mol. The summed E-state index contributed by atoms with van der Waals surface area (Å²) in [5, 5.41) is 21.2. The number of rotatable bonds is 10. The average Bonchev–Trinajstić information content (AvgIpc) is 3.85. The Morgan fingerprint density at radius 3 is 0.927 bits per heavy atom. The van der Waals surface area contributed by atoms with Crippen molar-refractivity contribution in [2.75, 3.05) is 76.0 Å². The van der Waals surface area contributed by atoms with E-state index in [0.29, 0.717) is 29.1 Å². The fraction of sp³-hybridized carbons (Fsp3) is 0.404. The van der Waals surface area contributed by atoms with Crippen LogP contribution in [0, 0.1) is 52.8 Å². The van der Waals surface area contributed by atoms with Gasteiger partial charge < -0.3 is 19.6 Å². The lowest BCUT2D eigenvalue weighted by Gasteiger charge is -2.44. The van der Waals surface area contributed by atoms with Crippen molar-refractivity contribution in [3.63, 3.8) is 0 Å². The lowest BCUT2D eigenvalue weighted by atomic mass is 9.59. The van der Waals surface area contributed by atoms with Crippen molar-refractivity contribution in [2.45, 2.75) is 12.8 Å². The minimum atomic E-state index is 0.436. The summed E-state index contributed by atoms with van der Waals surface area (Å²) < 4.78 is 0. The molecule has 10 rings (SSSR count). The van der Waals surface area contributed by atoms with Crippen molar-refractivity contribution in [3.05, 3.63) is 119 Å². The van der Waals surface area contributed by atoms with E-state index >= 15 is 0 Å². The molecule has 0 heterocycles. The van der Waals surface area contributed by atoms with Gasteiger partial charge in [0.05, 0.1) is 0 Å².